The van der Waals surface area contributed by atoms with Crippen molar-refractivity contribution in [2.75, 3.05) is 13.7 Å². The largest absolute Gasteiger partial charge is 0.497 e. The number of nitrogens with zero attached hydrogens (tertiary/aromatic N) is 2. The SMILES string of the molecule is COc1ccc2c(C(=O)NCCc3cccnc3)c3ccccn3c2c1. The third-order valence-corrected chi connectivity index (χ3v) is 4.50. The van der Waals surface area contributed by atoms with E-state index in [1.54, 1.807) is 13.3 Å². The summed E-state index contributed by atoms with van der Waals surface area (Å²) in [5, 5.41) is 3.95. The van der Waals surface area contributed by atoms with Gasteiger partial charge in [-0.25, -0.2) is 0 Å². The highest BCUT2D eigenvalue weighted by Gasteiger charge is 2.18. The van der Waals surface area contributed by atoms with Crippen LogP contribution in [0.2, 0.25) is 0 Å². The molecule has 0 aliphatic rings. The van der Waals surface area contributed by atoms with Crippen LogP contribution < -0.4 is 10.1 Å². The van der Waals surface area contributed by atoms with Crippen molar-refractivity contribution in [3.8, 4) is 5.75 Å². The van der Waals surface area contributed by atoms with E-state index in [0.29, 0.717) is 12.1 Å². The summed E-state index contributed by atoms with van der Waals surface area (Å²) in [6.45, 7) is 0.562. The molecule has 26 heavy (non-hydrogen) atoms. The second kappa shape index (κ2) is 6.88. The first kappa shape index (κ1) is 16.1. The average molecular weight is 345 g/mol. The minimum atomic E-state index is -0.0715. The number of hydrogen-bond donors (Lipinski definition) is 1. The molecule has 0 atom stereocenters. The number of rotatable bonds is 5. The Morgan fingerprint density at radius 1 is 1.15 bits per heavy atom. The van der Waals surface area contributed by atoms with Gasteiger partial charge in [0.15, 0.2) is 0 Å². The molecule has 1 N–H and O–H groups in total. The Kier molecular flexibility index (Phi) is 4.27. The molecule has 5 nitrogen and oxygen atoms in total. The van der Waals surface area contributed by atoms with E-state index in [9.17, 15) is 4.79 Å². The molecule has 3 heterocycles. The van der Waals surface area contributed by atoms with E-state index in [0.717, 1.165) is 34.2 Å². The van der Waals surface area contributed by atoms with Crippen molar-refractivity contribution < 1.29 is 9.53 Å². The molecule has 0 radical (unpaired) electrons. The zero-order valence-electron chi connectivity index (χ0n) is 14.5. The molecule has 5 heteroatoms. The molecule has 130 valence electrons. The number of amides is 1. The summed E-state index contributed by atoms with van der Waals surface area (Å²) in [5.41, 5.74) is 3.63. The lowest BCUT2D eigenvalue weighted by Crippen LogP contribution is -2.25. The maximum atomic E-state index is 12.9. The minimum absolute atomic E-state index is 0.0715. The van der Waals surface area contributed by atoms with Gasteiger partial charge in [-0.15, -0.1) is 0 Å². The number of carbonyl (C=O) groups is 1. The third-order valence-electron chi connectivity index (χ3n) is 4.50. The summed E-state index contributed by atoms with van der Waals surface area (Å²) in [7, 11) is 1.64. The second-order valence-electron chi connectivity index (χ2n) is 6.08. The van der Waals surface area contributed by atoms with E-state index >= 15 is 0 Å². The van der Waals surface area contributed by atoms with Crippen LogP contribution in [0.25, 0.3) is 16.4 Å². The van der Waals surface area contributed by atoms with Crippen molar-refractivity contribution in [3.05, 3.63) is 78.2 Å². The van der Waals surface area contributed by atoms with Gasteiger partial charge in [-0.3, -0.25) is 9.78 Å². The number of fused-ring (bicyclic) bond motifs is 3. The first-order valence-electron chi connectivity index (χ1n) is 8.52. The number of hydrogen-bond acceptors (Lipinski definition) is 3. The first-order valence-corrected chi connectivity index (χ1v) is 8.52. The standard InChI is InChI=1S/C21H19N3O2/c1-26-16-7-8-17-19(13-16)24-12-3-2-6-18(24)20(17)21(25)23-11-9-15-5-4-10-22-14-15/h2-8,10,12-14H,9,11H2,1H3,(H,23,25). The fourth-order valence-electron chi connectivity index (χ4n) is 3.24. The number of pyridine rings is 2. The van der Waals surface area contributed by atoms with Crippen molar-refractivity contribution in [1.29, 1.82) is 0 Å². The normalized spacial score (nSPS) is 11.0. The Bertz CT molecular complexity index is 1070. The fraction of sp³-hybridized carbons (Fsp3) is 0.143. The molecular weight excluding hydrogens is 326 g/mol. The Morgan fingerprint density at radius 2 is 2.08 bits per heavy atom. The molecule has 4 aromatic rings. The maximum absolute atomic E-state index is 12.9. The molecule has 3 aromatic heterocycles. The van der Waals surface area contributed by atoms with Gasteiger partial charge >= 0.3 is 0 Å². The molecule has 0 aliphatic heterocycles. The van der Waals surface area contributed by atoms with Crippen molar-refractivity contribution in [2.45, 2.75) is 6.42 Å². The second-order valence-corrected chi connectivity index (χ2v) is 6.08. The lowest BCUT2D eigenvalue weighted by atomic mass is 10.1. The lowest BCUT2D eigenvalue weighted by Gasteiger charge is -2.05. The minimum Gasteiger partial charge on any atom is -0.497 e. The lowest BCUT2D eigenvalue weighted by molar-refractivity contribution is 0.0957. The quantitative estimate of drug-likeness (QED) is 0.603. The summed E-state index contributed by atoms with van der Waals surface area (Å²) in [4.78, 5) is 17.0. The molecule has 0 unspecified atom stereocenters. The Labute approximate surface area is 151 Å². The molecule has 0 bridgehead atoms. The van der Waals surface area contributed by atoms with Crippen LogP contribution in [0.1, 0.15) is 15.9 Å². The molecule has 0 spiro atoms. The predicted octanol–water partition coefficient (Wildman–Crippen LogP) is 3.47. The van der Waals surface area contributed by atoms with Gasteiger partial charge in [0, 0.05) is 36.6 Å². The summed E-state index contributed by atoms with van der Waals surface area (Å²) >= 11 is 0. The van der Waals surface area contributed by atoms with Gasteiger partial charge in [-0.1, -0.05) is 12.1 Å². The Morgan fingerprint density at radius 3 is 2.88 bits per heavy atom. The number of carbonyl (C=O) groups excluding carboxylic acids is 1. The summed E-state index contributed by atoms with van der Waals surface area (Å²) < 4.78 is 7.36. The number of benzene rings is 1. The van der Waals surface area contributed by atoms with E-state index in [1.807, 2.05) is 65.3 Å². The predicted molar refractivity (Wildman–Crippen MR) is 102 cm³/mol. The van der Waals surface area contributed by atoms with Crippen LogP contribution in [0.5, 0.6) is 5.75 Å². The van der Waals surface area contributed by atoms with Crippen LogP contribution in [-0.4, -0.2) is 28.9 Å². The summed E-state index contributed by atoms with van der Waals surface area (Å²) in [6.07, 6.45) is 6.28. The zero-order valence-corrected chi connectivity index (χ0v) is 14.5. The Hall–Kier alpha value is -3.34. The van der Waals surface area contributed by atoms with Gasteiger partial charge < -0.3 is 14.5 Å². The molecule has 0 aliphatic carbocycles. The fourth-order valence-corrected chi connectivity index (χ4v) is 3.24. The van der Waals surface area contributed by atoms with Crippen LogP contribution in [0.15, 0.2) is 67.1 Å². The van der Waals surface area contributed by atoms with Crippen molar-refractivity contribution in [1.82, 2.24) is 14.7 Å². The highest BCUT2D eigenvalue weighted by molar-refractivity contribution is 6.14. The number of nitrogens with one attached hydrogen (secondary N) is 1. The molecule has 0 fully saturated rings. The van der Waals surface area contributed by atoms with Crippen LogP contribution >= 0.6 is 0 Å². The number of aromatic nitrogens is 2. The summed E-state index contributed by atoms with van der Waals surface area (Å²) in [6, 6.07) is 15.5. The van der Waals surface area contributed by atoms with Crippen LogP contribution in [0, 0.1) is 0 Å². The van der Waals surface area contributed by atoms with Gasteiger partial charge in [0.05, 0.1) is 23.7 Å². The average Bonchev–Trinajstić information content (AvgIpc) is 3.02. The first-order chi connectivity index (χ1) is 12.8. The molecular formula is C21H19N3O2. The van der Waals surface area contributed by atoms with E-state index in [-0.39, 0.29) is 5.91 Å². The van der Waals surface area contributed by atoms with E-state index in [2.05, 4.69) is 10.3 Å². The number of ether oxygens (including phenoxy) is 1. The molecule has 0 saturated heterocycles. The highest BCUT2D eigenvalue weighted by atomic mass is 16.5. The van der Waals surface area contributed by atoms with E-state index in [1.165, 1.54) is 0 Å². The van der Waals surface area contributed by atoms with Crippen LogP contribution in [0.4, 0.5) is 0 Å². The van der Waals surface area contributed by atoms with Gasteiger partial charge in [-0.2, -0.15) is 0 Å². The smallest absolute Gasteiger partial charge is 0.254 e. The monoisotopic (exact) mass is 345 g/mol. The van der Waals surface area contributed by atoms with Crippen molar-refractivity contribution in [2.24, 2.45) is 0 Å². The zero-order chi connectivity index (χ0) is 17.9. The topological polar surface area (TPSA) is 55.6 Å². The molecule has 1 aromatic carbocycles. The van der Waals surface area contributed by atoms with Crippen LogP contribution in [-0.2, 0) is 6.42 Å². The maximum Gasteiger partial charge on any atom is 0.254 e. The molecule has 4 rings (SSSR count). The highest BCUT2D eigenvalue weighted by Crippen LogP contribution is 2.29. The summed E-state index contributed by atoms with van der Waals surface area (Å²) in [5.74, 6) is 0.696. The van der Waals surface area contributed by atoms with Crippen molar-refractivity contribution in [3.63, 3.8) is 0 Å². The van der Waals surface area contributed by atoms with Crippen molar-refractivity contribution >= 4 is 22.3 Å². The molecule has 1 amide bonds. The van der Waals surface area contributed by atoms with Crippen LogP contribution in [0.3, 0.4) is 0 Å². The van der Waals surface area contributed by atoms with E-state index < -0.39 is 0 Å². The van der Waals surface area contributed by atoms with Gasteiger partial charge in [0.2, 0.25) is 0 Å². The number of methoxy groups -OCH3 is 1. The van der Waals surface area contributed by atoms with E-state index in [4.69, 9.17) is 4.74 Å². The third kappa shape index (κ3) is 2.88. The van der Waals surface area contributed by atoms with Gasteiger partial charge in [-0.05, 0) is 42.3 Å². The van der Waals surface area contributed by atoms with Gasteiger partial charge in [0.25, 0.3) is 5.91 Å². The Balaban J connectivity index is 1.67. The van der Waals surface area contributed by atoms with Gasteiger partial charge in [0.1, 0.15) is 5.75 Å². The molecule has 0 saturated carbocycles.